The van der Waals surface area contributed by atoms with Crippen LogP contribution in [0.2, 0.25) is 10.0 Å². The third kappa shape index (κ3) is 3.48. The van der Waals surface area contributed by atoms with Crippen molar-refractivity contribution < 1.29 is 4.42 Å². The van der Waals surface area contributed by atoms with E-state index in [2.05, 4.69) is 16.0 Å². The van der Waals surface area contributed by atoms with E-state index < -0.39 is 0 Å². The summed E-state index contributed by atoms with van der Waals surface area (Å²) in [4.78, 5) is 7.67. The first-order valence-corrected chi connectivity index (χ1v) is 8.93. The molecule has 0 amide bonds. The Morgan fingerprint density at radius 2 is 2.00 bits per heavy atom. The maximum atomic E-state index is 9.56. The van der Waals surface area contributed by atoms with Crippen molar-refractivity contribution in [2.75, 3.05) is 0 Å². The first kappa shape index (κ1) is 17.4. The lowest BCUT2D eigenvalue weighted by molar-refractivity contribution is 0.572. The van der Waals surface area contributed by atoms with Crippen molar-refractivity contribution in [2.45, 2.75) is 6.92 Å². The highest BCUT2D eigenvalue weighted by molar-refractivity contribution is 6.36. The first-order chi connectivity index (χ1) is 13.0. The molecule has 2 aromatic heterocycles. The van der Waals surface area contributed by atoms with Gasteiger partial charge in [-0.2, -0.15) is 5.26 Å². The highest BCUT2D eigenvalue weighted by Gasteiger charge is 2.12. The van der Waals surface area contributed by atoms with Crippen LogP contribution in [0.5, 0.6) is 0 Å². The highest BCUT2D eigenvalue weighted by Crippen LogP contribution is 2.32. The molecule has 0 aliphatic carbocycles. The Bertz CT molecular complexity index is 1230. The van der Waals surface area contributed by atoms with Crippen LogP contribution in [-0.4, -0.2) is 9.97 Å². The number of allylic oxidation sites excluding steroid dienone is 1. The molecule has 0 saturated heterocycles. The Morgan fingerprint density at radius 1 is 1.15 bits per heavy atom. The molecule has 4 rings (SSSR count). The summed E-state index contributed by atoms with van der Waals surface area (Å²) < 4.78 is 5.84. The predicted octanol–water partition coefficient (Wildman–Crippen LogP) is 6.50. The lowest BCUT2D eigenvalue weighted by Crippen LogP contribution is -1.84. The number of nitriles is 1. The van der Waals surface area contributed by atoms with Crippen molar-refractivity contribution in [2.24, 2.45) is 0 Å². The van der Waals surface area contributed by atoms with E-state index in [1.54, 1.807) is 36.4 Å². The fourth-order valence-corrected chi connectivity index (χ4v) is 3.31. The van der Waals surface area contributed by atoms with Crippen LogP contribution in [0.3, 0.4) is 0 Å². The zero-order valence-electron chi connectivity index (χ0n) is 14.3. The van der Waals surface area contributed by atoms with E-state index in [4.69, 9.17) is 27.6 Å². The van der Waals surface area contributed by atoms with Crippen molar-refractivity contribution in [1.29, 1.82) is 5.26 Å². The standard InChI is InChI=1S/C21H13Cl2N3O/c1-12-2-6-18-19(8-12)26-21(25-18)13(11-24)9-15-4-7-20(27-15)16-5-3-14(22)10-17(16)23/h2-10H,1H3,(H,25,26)/b13-9-. The Hall–Kier alpha value is -3.00. The van der Waals surface area contributed by atoms with Crippen LogP contribution < -0.4 is 0 Å². The largest absolute Gasteiger partial charge is 0.457 e. The molecule has 6 heteroatoms. The third-order valence-electron chi connectivity index (χ3n) is 4.12. The second kappa shape index (κ2) is 6.96. The van der Waals surface area contributed by atoms with Gasteiger partial charge in [0, 0.05) is 16.7 Å². The average Bonchev–Trinajstić information content (AvgIpc) is 3.26. The number of aromatic amines is 1. The zero-order valence-corrected chi connectivity index (χ0v) is 15.8. The van der Waals surface area contributed by atoms with Gasteiger partial charge in [-0.1, -0.05) is 29.3 Å². The number of imidazole rings is 1. The highest BCUT2D eigenvalue weighted by atomic mass is 35.5. The number of benzene rings is 2. The van der Waals surface area contributed by atoms with Crippen LogP contribution >= 0.6 is 23.2 Å². The van der Waals surface area contributed by atoms with Crippen molar-refractivity contribution in [3.05, 3.63) is 75.7 Å². The van der Waals surface area contributed by atoms with Gasteiger partial charge in [-0.3, -0.25) is 0 Å². The van der Waals surface area contributed by atoms with Gasteiger partial charge in [0.05, 0.1) is 21.6 Å². The molecule has 2 heterocycles. The summed E-state index contributed by atoms with van der Waals surface area (Å²) in [5.41, 5.74) is 3.94. The van der Waals surface area contributed by atoms with Gasteiger partial charge in [-0.25, -0.2) is 4.98 Å². The average molecular weight is 394 g/mol. The molecule has 0 aliphatic heterocycles. The Balaban J connectivity index is 1.71. The van der Waals surface area contributed by atoms with Crippen LogP contribution in [-0.2, 0) is 0 Å². The monoisotopic (exact) mass is 393 g/mol. The van der Waals surface area contributed by atoms with E-state index >= 15 is 0 Å². The zero-order chi connectivity index (χ0) is 19.0. The number of nitrogens with one attached hydrogen (secondary N) is 1. The van der Waals surface area contributed by atoms with Crippen LogP contribution in [0.4, 0.5) is 0 Å². The first-order valence-electron chi connectivity index (χ1n) is 8.17. The number of H-pyrrole nitrogens is 1. The summed E-state index contributed by atoms with van der Waals surface area (Å²) in [6, 6.07) is 16.9. The minimum atomic E-state index is 0.381. The smallest absolute Gasteiger partial charge is 0.149 e. The predicted molar refractivity (Wildman–Crippen MR) is 108 cm³/mol. The Kier molecular flexibility index (Phi) is 4.49. The summed E-state index contributed by atoms with van der Waals surface area (Å²) in [6.07, 6.45) is 1.65. The number of hydrogen-bond acceptors (Lipinski definition) is 3. The van der Waals surface area contributed by atoms with E-state index in [-0.39, 0.29) is 0 Å². The van der Waals surface area contributed by atoms with Crippen LogP contribution in [0.15, 0.2) is 52.9 Å². The summed E-state index contributed by atoms with van der Waals surface area (Å²) in [5, 5.41) is 10.6. The van der Waals surface area contributed by atoms with Crippen molar-refractivity contribution >= 4 is 45.9 Å². The van der Waals surface area contributed by atoms with E-state index in [0.29, 0.717) is 33.0 Å². The molecule has 1 N–H and O–H groups in total. The molecule has 0 bridgehead atoms. The number of fused-ring (bicyclic) bond motifs is 1. The van der Waals surface area contributed by atoms with Gasteiger partial charge in [-0.15, -0.1) is 0 Å². The summed E-state index contributed by atoms with van der Waals surface area (Å²) in [7, 11) is 0. The second-order valence-electron chi connectivity index (χ2n) is 6.10. The lowest BCUT2D eigenvalue weighted by atomic mass is 10.2. The number of aromatic nitrogens is 2. The maximum Gasteiger partial charge on any atom is 0.149 e. The Labute approximate surface area is 165 Å². The van der Waals surface area contributed by atoms with Crippen molar-refractivity contribution in [3.63, 3.8) is 0 Å². The minimum absolute atomic E-state index is 0.381. The molecule has 132 valence electrons. The molecule has 0 fully saturated rings. The fraction of sp³-hybridized carbons (Fsp3) is 0.0476. The molecule has 0 radical (unpaired) electrons. The van der Waals surface area contributed by atoms with Crippen LogP contribution in [0.25, 0.3) is 34.0 Å². The SMILES string of the molecule is Cc1ccc2nc(/C(C#N)=C\c3ccc(-c4ccc(Cl)cc4Cl)o3)[nH]c2c1. The van der Waals surface area contributed by atoms with E-state index in [1.165, 1.54) is 0 Å². The summed E-state index contributed by atoms with van der Waals surface area (Å²) in [6.45, 7) is 2.01. The van der Waals surface area contributed by atoms with E-state index in [9.17, 15) is 5.26 Å². The van der Waals surface area contributed by atoms with Gasteiger partial charge in [0.15, 0.2) is 0 Å². The van der Waals surface area contributed by atoms with Crippen LogP contribution in [0, 0.1) is 18.3 Å². The van der Waals surface area contributed by atoms with E-state index in [0.717, 1.165) is 22.2 Å². The normalized spacial score (nSPS) is 11.7. The molecule has 27 heavy (non-hydrogen) atoms. The number of aryl methyl sites for hydroxylation is 1. The number of hydrogen-bond donors (Lipinski definition) is 1. The lowest BCUT2D eigenvalue weighted by Gasteiger charge is -2.00. The molecule has 0 unspecified atom stereocenters. The topological polar surface area (TPSA) is 65.6 Å². The molecular formula is C21H13Cl2N3O. The van der Waals surface area contributed by atoms with Gasteiger partial charge in [0.2, 0.25) is 0 Å². The Morgan fingerprint density at radius 3 is 2.78 bits per heavy atom. The quantitative estimate of drug-likeness (QED) is 0.403. The number of rotatable bonds is 3. The fourth-order valence-electron chi connectivity index (χ4n) is 2.81. The molecule has 4 aromatic rings. The molecular weight excluding hydrogens is 381 g/mol. The summed E-state index contributed by atoms with van der Waals surface area (Å²) in [5.74, 6) is 1.63. The molecule has 0 saturated carbocycles. The second-order valence-corrected chi connectivity index (χ2v) is 6.95. The molecule has 0 atom stereocenters. The third-order valence-corrected chi connectivity index (χ3v) is 4.67. The number of nitrogens with zero attached hydrogens (tertiary/aromatic N) is 2. The van der Waals surface area contributed by atoms with Gasteiger partial charge in [-0.05, 0) is 55.0 Å². The molecule has 0 aliphatic rings. The maximum absolute atomic E-state index is 9.56. The van der Waals surface area contributed by atoms with Gasteiger partial charge in [0.1, 0.15) is 23.4 Å². The molecule has 2 aromatic carbocycles. The number of halogens is 2. The molecule has 4 nitrogen and oxygen atoms in total. The van der Waals surface area contributed by atoms with Crippen LogP contribution in [0.1, 0.15) is 17.1 Å². The van der Waals surface area contributed by atoms with Gasteiger partial charge in [0.25, 0.3) is 0 Å². The summed E-state index contributed by atoms with van der Waals surface area (Å²) >= 11 is 12.2. The molecule has 0 spiro atoms. The number of furan rings is 1. The van der Waals surface area contributed by atoms with Crippen molar-refractivity contribution in [1.82, 2.24) is 9.97 Å². The van der Waals surface area contributed by atoms with Crippen molar-refractivity contribution in [3.8, 4) is 17.4 Å². The van der Waals surface area contributed by atoms with E-state index in [1.807, 2.05) is 25.1 Å². The van der Waals surface area contributed by atoms with Gasteiger partial charge < -0.3 is 9.40 Å². The van der Waals surface area contributed by atoms with Gasteiger partial charge >= 0.3 is 0 Å². The minimum Gasteiger partial charge on any atom is -0.457 e.